The van der Waals surface area contributed by atoms with Gasteiger partial charge < -0.3 is 0 Å². The summed E-state index contributed by atoms with van der Waals surface area (Å²) in [4.78, 5) is 4.38. The van der Waals surface area contributed by atoms with Crippen LogP contribution in [-0.2, 0) is 6.42 Å². The van der Waals surface area contributed by atoms with E-state index >= 15 is 0 Å². The van der Waals surface area contributed by atoms with Gasteiger partial charge in [-0.3, -0.25) is 4.98 Å². The predicted octanol–water partition coefficient (Wildman–Crippen LogP) is 3.80. The molecule has 2 aromatic rings. The smallest absolute Gasteiger partial charge is 0.0431 e. The molecular weight excluding hydrogens is 194 g/mol. The molecule has 0 bridgehead atoms. The monoisotopic (exact) mass is 211 g/mol. The van der Waals surface area contributed by atoms with Crippen LogP contribution < -0.4 is 0 Å². The summed E-state index contributed by atoms with van der Waals surface area (Å²) in [5, 5.41) is 0. The normalized spacial score (nSPS) is 10.7. The summed E-state index contributed by atoms with van der Waals surface area (Å²) in [5.41, 5.74) is 3.86. The van der Waals surface area contributed by atoms with Crippen LogP contribution >= 0.6 is 0 Å². The predicted molar refractivity (Wildman–Crippen MR) is 67.6 cm³/mol. The Kier molecular flexibility index (Phi) is 3.35. The van der Waals surface area contributed by atoms with Crippen molar-refractivity contribution in [3.05, 3.63) is 65.5 Å². The van der Waals surface area contributed by atoms with E-state index in [2.05, 4.69) is 61.3 Å². The molecule has 0 amide bonds. The molecule has 2 rings (SSSR count). The third-order valence-electron chi connectivity index (χ3n) is 2.69. The van der Waals surface area contributed by atoms with Crippen molar-refractivity contribution in [1.82, 2.24) is 4.98 Å². The zero-order valence-corrected chi connectivity index (χ0v) is 9.85. The van der Waals surface area contributed by atoms with Gasteiger partial charge in [0.15, 0.2) is 0 Å². The van der Waals surface area contributed by atoms with Gasteiger partial charge in [0, 0.05) is 11.9 Å². The van der Waals surface area contributed by atoms with Gasteiger partial charge in [-0.25, -0.2) is 0 Å². The fourth-order valence-electron chi connectivity index (χ4n) is 1.75. The molecule has 1 aromatic heterocycles. The maximum absolute atomic E-state index is 4.38. The van der Waals surface area contributed by atoms with Crippen molar-refractivity contribution in [2.75, 3.05) is 0 Å². The Hall–Kier alpha value is -1.63. The molecule has 1 aromatic carbocycles. The molecule has 1 nitrogen and oxygen atoms in total. The summed E-state index contributed by atoms with van der Waals surface area (Å²) in [6, 6.07) is 14.8. The molecule has 0 saturated heterocycles. The van der Waals surface area contributed by atoms with Crippen molar-refractivity contribution in [3.8, 4) is 0 Å². The first-order valence-corrected chi connectivity index (χ1v) is 5.74. The highest BCUT2D eigenvalue weighted by molar-refractivity contribution is 5.26. The van der Waals surface area contributed by atoms with E-state index < -0.39 is 0 Å². The van der Waals surface area contributed by atoms with Gasteiger partial charge in [0.25, 0.3) is 0 Å². The number of pyridine rings is 1. The molecule has 0 fully saturated rings. The highest BCUT2D eigenvalue weighted by Crippen LogP contribution is 2.15. The van der Waals surface area contributed by atoms with E-state index in [1.807, 2.05) is 6.20 Å². The molecule has 0 atom stereocenters. The Labute approximate surface area is 97.2 Å². The van der Waals surface area contributed by atoms with Gasteiger partial charge in [-0.15, -0.1) is 0 Å². The highest BCUT2D eigenvalue weighted by atomic mass is 14.7. The summed E-state index contributed by atoms with van der Waals surface area (Å²) in [6.45, 7) is 4.35. The van der Waals surface area contributed by atoms with Crippen LogP contribution in [0.1, 0.15) is 36.6 Å². The van der Waals surface area contributed by atoms with Gasteiger partial charge in [-0.05, 0) is 35.6 Å². The van der Waals surface area contributed by atoms with Crippen molar-refractivity contribution in [1.29, 1.82) is 0 Å². The Morgan fingerprint density at radius 1 is 1.00 bits per heavy atom. The molecule has 0 aliphatic carbocycles. The van der Waals surface area contributed by atoms with E-state index in [0.29, 0.717) is 5.92 Å². The topological polar surface area (TPSA) is 12.9 Å². The zero-order valence-electron chi connectivity index (χ0n) is 9.85. The summed E-state index contributed by atoms with van der Waals surface area (Å²) in [5.74, 6) is 0.496. The molecular formula is C15H17N. The fraction of sp³-hybridized carbons (Fsp3) is 0.267. The van der Waals surface area contributed by atoms with Crippen molar-refractivity contribution in [2.24, 2.45) is 0 Å². The third-order valence-corrected chi connectivity index (χ3v) is 2.69. The molecule has 1 heteroatoms. The first-order valence-electron chi connectivity index (χ1n) is 5.74. The van der Waals surface area contributed by atoms with Gasteiger partial charge in [-0.1, -0.05) is 44.2 Å². The standard InChI is InChI=1S/C15H17N/c1-12(2)15-11-14(8-9-16-15)10-13-6-4-3-5-7-13/h3-9,11-12H,10H2,1-2H3. The summed E-state index contributed by atoms with van der Waals surface area (Å²) in [6.07, 6.45) is 2.90. The molecule has 0 aliphatic heterocycles. The van der Waals surface area contributed by atoms with Crippen LogP contribution in [0, 0.1) is 0 Å². The van der Waals surface area contributed by atoms with Gasteiger partial charge in [0.05, 0.1) is 0 Å². The second kappa shape index (κ2) is 4.93. The summed E-state index contributed by atoms with van der Waals surface area (Å²) in [7, 11) is 0. The van der Waals surface area contributed by atoms with E-state index in [-0.39, 0.29) is 0 Å². The van der Waals surface area contributed by atoms with Crippen molar-refractivity contribution >= 4 is 0 Å². The minimum absolute atomic E-state index is 0.496. The SMILES string of the molecule is CC(C)c1cc(Cc2ccccc2)ccn1. The van der Waals surface area contributed by atoms with Crippen LogP contribution in [0.25, 0.3) is 0 Å². The molecule has 0 spiro atoms. The van der Waals surface area contributed by atoms with Crippen molar-refractivity contribution in [3.63, 3.8) is 0 Å². The van der Waals surface area contributed by atoms with Crippen molar-refractivity contribution < 1.29 is 0 Å². The maximum Gasteiger partial charge on any atom is 0.0431 e. The molecule has 0 saturated carbocycles. The average molecular weight is 211 g/mol. The lowest BCUT2D eigenvalue weighted by Crippen LogP contribution is -1.95. The molecule has 16 heavy (non-hydrogen) atoms. The first-order chi connectivity index (χ1) is 7.75. The van der Waals surface area contributed by atoms with Gasteiger partial charge in [0.1, 0.15) is 0 Å². The van der Waals surface area contributed by atoms with Crippen LogP contribution in [0.3, 0.4) is 0 Å². The number of benzene rings is 1. The number of rotatable bonds is 3. The lowest BCUT2D eigenvalue weighted by atomic mass is 10.0. The molecule has 82 valence electrons. The zero-order chi connectivity index (χ0) is 11.4. The first kappa shape index (κ1) is 10.9. The minimum Gasteiger partial charge on any atom is -0.261 e. The van der Waals surface area contributed by atoms with E-state index in [0.717, 1.165) is 6.42 Å². The van der Waals surface area contributed by atoms with Gasteiger partial charge in [0.2, 0.25) is 0 Å². The second-order valence-electron chi connectivity index (χ2n) is 4.41. The molecule has 0 N–H and O–H groups in total. The Morgan fingerprint density at radius 2 is 1.75 bits per heavy atom. The van der Waals surface area contributed by atoms with Crippen LogP contribution in [0.15, 0.2) is 48.7 Å². The Bertz CT molecular complexity index is 446. The van der Waals surface area contributed by atoms with Crippen LogP contribution in [0.5, 0.6) is 0 Å². The largest absolute Gasteiger partial charge is 0.261 e. The second-order valence-corrected chi connectivity index (χ2v) is 4.41. The number of hydrogen-bond donors (Lipinski definition) is 0. The number of nitrogens with zero attached hydrogens (tertiary/aromatic N) is 1. The van der Waals surface area contributed by atoms with E-state index in [4.69, 9.17) is 0 Å². The summed E-state index contributed by atoms with van der Waals surface area (Å²) >= 11 is 0. The Balaban J connectivity index is 2.19. The molecule has 0 unspecified atom stereocenters. The van der Waals surface area contributed by atoms with Gasteiger partial charge >= 0.3 is 0 Å². The quantitative estimate of drug-likeness (QED) is 0.752. The average Bonchev–Trinajstić information content (AvgIpc) is 2.30. The highest BCUT2D eigenvalue weighted by Gasteiger charge is 2.02. The third kappa shape index (κ3) is 2.69. The summed E-state index contributed by atoms with van der Waals surface area (Å²) < 4.78 is 0. The lowest BCUT2D eigenvalue weighted by Gasteiger charge is -2.07. The lowest BCUT2D eigenvalue weighted by molar-refractivity contribution is 0.818. The van der Waals surface area contributed by atoms with Crippen LogP contribution in [0.2, 0.25) is 0 Å². The van der Waals surface area contributed by atoms with E-state index in [1.165, 1.54) is 16.8 Å². The molecule has 1 heterocycles. The number of aromatic nitrogens is 1. The molecule has 0 aliphatic rings. The van der Waals surface area contributed by atoms with E-state index in [9.17, 15) is 0 Å². The molecule has 0 radical (unpaired) electrons. The van der Waals surface area contributed by atoms with Crippen LogP contribution in [0.4, 0.5) is 0 Å². The Morgan fingerprint density at radius 3 is 2.44 bits per heavy atom. The van der Waals surface area contributed by atoms with Crippen molar-refractivity contribution in [2.45, 2.75) is 26.2 Å². The van der Waals surface area contributed by atoms with Crippen LogP contribution in [-0.4, -0.2) is 4.98 Å². The fourth-order valence-corrected chi connectivity index (χ4v) is 1.75. The maximum atomic E-state index is 4.38. The number of hydrogen-bond acceptors (Lipinski definition) is 1. The van der Waals surface area contributed by atoms with Gasteiger partial charge in [-0.2, -0.15) is 0 Å². The minimum atomic E-state index is 0.496. The van der Waals surface area contributed by atoms with E-state index in [1.54, 1.807) is 0 Å².